The molecule has 0 radical (unpaired) electrons. The Balaban J connectivity index is 1.27. The molecule has 0 fully saturated rings. The van der Waals surface area contributed by atoms with Gasteiger partial charge in [0.2, 0.25) is 17.7 Å². The van der Waals surface area contributed by atoms with E-state index in [9.17, 15) is 14.4 Å². The first-order valence-corrected chi connectivity index (χ1v) is 13.5. The van der Waals surface area contributed by atoms with Crippen molar-refractivity contribution < 1.29 is 19.1 Å². The zero-order chi connectivity index (χ0) is 28.0. The molecule has 0 unspecified atom stereocenters. The summed E-state index contributed by atoms with van der Waals surface area (Å²) in [6.45, 7) is 0.848. The van der Waals surface area contributed by atoms with Gasteiger partial charge in [-0.25, -0.2) is 0 Å². The third-order valence-electron chi connectivity index (χ3n) is 6.58. The molecule has 4 rings (SSSR count). The van der Waals surface area contributed by atoms with Gasteiger partial charge < -0.3 is 20.7 Å². The fourth-order valence-corrected chi connectivity index (χ4v) is 4.40. The minimum absolute atomic E-state index is 0.190. The van der Waals surface area contributed by atoms with Gasteiger partial charge in [-0.15, -0.1) is 0 Å². The highest BCUT2D eigenvalue weighted by atomic mass is 16.5. The number of aryl methyl sites for hydroxylation is 1. The van der Waals surface area contributed by atoms with Crippen molar-refractivity contribution in [2.75, 3.05) is 13.2 Å². The molecule has 206 valence electrons. The van der Waals surface area contributed by atoms with Gasteiger partial charge in [0.25, 0.3) is 0 Å². The van der Waals surface area contributed by atoms with E-state index in [-0.39, 0.29) is 37.8 Å². The van der Waals surface area contributed by atoms with Crippen LogP contribution in [0.3, 0.4) is 0 Å². The molecule has 7 heteroatoms. The predicted molar refractivity (Wildman–Crippen MR) is 156 cm³/mol. The lowest BCUT2D eigenvalue weighted by Gasteiger charge is -2.19. The van der Waals surface area contributed by atoms with Crippen LogP contribution in [0.2, 0.25) is 0 Å². The number of carbonyl (C=O) groups is 3. The second-order valence-electron chi connectivity index (χ2n) is 9.57. The smallest absolute Gasteiger partial charge is 0.243 e. The standard InChI is InChI=1S/C33H35N3O4/c37-31(19-18-25-10-3-1-4-11-25)36-30(20-21-40-24-26-12-5-2-6-13-26)33(39)35-23-32(38)34-22-28-16-9-15-27-14-7-8-17-29(27)28/h1-17,30H,18-24H2,(H,34,38)(H,35,39)(H,36,37)/t30-/m0/s1. The average molecular weight is 538 g/mol. The second-order valence-corrected chi connectivity index (χ2v) is 9.57. The van der Waals surface area contributed by atoms with E-state index in [0.29, 0.717) is 19.6 Å². The lowest BCUT2D eigenvalue weighted by atomic mass is 10.0. The zero-order valence-electron chi connectivity index (χ0n) is 22.5. The molecule has 0 aromatic heterocycles. The topological polar surface area (TPSA) is 96.5 Å². The van der Waals surface area contributed by atoms with E-state index in [0.717, 1.165) is 27.5 Å². The largest absolute Gasteiger partial charge is 0.377 e. The van der Waals surface area contributed by atoms with Crippen LogP contribution >= 0.6 is 0 Å². The van der Waals surface area contributed by atoms with Gasteiger partial charge in [-0.05, 0) is 40.3 Å². The number of ether oxygens (including phenoxy) is 1. The Bertz CT molecular complexity index is 1390. The summed E-state index contributed by atoms with van der Waals surface area (Å²) in [6, 6.07) is 32.6. The number of nitrogens with one attached hydrogen (secondary N) is 3. The fourth-order valence-electron chi connectivity index (χ4n) is 4.40. The highest BCUT2D eigenvalue weighted by molar-refractivity contribution is 5.91. The minimum atomic E-state index is -0.815. The van der Waals surface area contributed by atoms with Crippen LogP contribution < -0.4 is 16.0 Å². The lowest BCUT2D eigenvalue weighted by molar-refractivity contribution is -0.130. The average Bonchev–Trinajstić information content (AvgIpc) is 3.00. The van der Waals surface area contributed by atoms with Crippen molar-refractivity contribution in [3.8, 4) is 0 Å². The highest BCUT2D eigenvalue weighted by Crippen LogP contribution is 2.18. The molecule has 4 aromatic rings. The maximum atomic E-state index is 13.0. The number of fused-ring (bicyclic) bond motifs is 1. The molecule has 3 N–H and O–H groups in total. The number of amides is 3. The molecule has 7 nitrogen and oxygen atoms in total. The molecule has 0 saturated heterocycles. The van der Waals surface area contributed by atoms with Gasteiger partial charge in [0.15, 0.2) is 0 Å². The summed E-state index contributed by atoms with van der Waals surface area (Å²) in [5.41, 5.74) is 3.07. The van der Waals surface area contributed by atoms with E-state index in [2.05, 4.69) is 16.0 Å². The fraction of sp³-hybridized carbons (Fsp3) is 0.242. The molecular weight excluding hydrogens is 502 g/mol. The van der Waals surface area contributed by atoms with E-state index in [1.165, 1.54) is 0 Å². The molecule has 4 aromatic carbocycles. The third-order valence-corrected chi connectivity index (χ3v) is 6.58. The van der Waals surface area contributed by atoms with Crippen molar-refractivity contribution in [2.45, 2.75) is 38.5 Å². The molecule has 0 spiro atoms. The van der Waals surface area contributed by atoms with Crippen molar-refractivity contribution in [3.63, 3.8) is 0 Å². The molecule has 0 bridgehead atoms. The van der Waals surface area contributed by atoms with E-state index >= 15 is 0 Å². The molecule has 0 aliphatic heterocycles. The maximum absolute atomic E-state index is 13.0. The summed E-state index contributed by atoms with van der Waals surface area (Å²) >= 11 is 0. The molecule has 0 saturated carbocycles. The summed E-state index contributed by atoms with van der Waals surface area (Å²) in [4.78, 5) is 38.2. The third kappa shape index (κ3) is 9.06. The van der Waals surface area contributed by atoms with Crippen molar-refractivity contribution in [3.05, 3.63) is 120 Å². The first kappa shape index (κ1) is 28.5. The Labute approximate surface area is 234 Å². The van der Waals surface area contributed by atoms with Gasteiger partial charge in [-0.3, -0.25) is 14.4 Å². The van der Waals surface area contributed by atoms with Crippen LogP contribution in [0, 0.1) is 0 Å². The zero-order valence-corrected chi connectivity index (χ0v) is 22.5. The Kier molecular flexibility index (Phi) is 10.8. The molecular formula is C33H35N3O4. The Morgan fingerprint density at radius 3 is 2.15 bits per heavy atom. The maximum Gasteiger partial charge on any atom is 0.243 e. The van der Waals surface area contributed by atoms with Crippen molar-refractivity contribution in [2.24, 2.45) is 0 Å². The van der Waals surface area contributed by atoms with Gasteiger partial charge in [0, 0.05) is 19.6 Å². The summed E-state index contributed by atoms with van der Waals surface area (Å²) in [7, 11) is 0. The van der Waals surface area contributed by atoms with E-state index < -0.39 is 11.9 Å². The van der Waals surface area contributed by atoms with Crippen molar-refractivity contribution >= 4 is 28.5 Å². The summed E-state index contributed by atoms with van der Waals surface area (Å²) in [5.74, 6) is -0.958. The minimum Gasteiger partial charge on any atom is -0.377 e. The summed E-state index contributed by atoms with van der Waals surface area (Å²) in [5, 5.41) is 10.5. The second kappa shape index (κ2) is 15.2. The molecule has 3 amide bonds. The number of carbonyl (C=O) groups excluding carboxylic acids is 3. The van der Waals surface area contributed by atoms with Gasteiger partial charge in [0.05, 0.1) is 13.2 Å². The van der Waals surface area contributed by atoms with Crippen LogP contribution in [-0.4, -0.2) is 36.9 Å². The highest BCUT2D eigenvalue weighted by Gasteiger charge is 2.21. The van der Waals surface area contributed by atoms with E-state index in [1.54, 1.807) is 0 Å². The summed E-state index contributed by atoms with van der Waals surface area (Å²) in [6.07, 6.45) is 1.11. The molecule has 0 heterocycles. The molecule has 0 aliphatic rings. The predicted octanol–water partition coefficient (Wildman–Crippen LogP) is 4.30. The van der Waals surface area contributed by atoms with E-state index in [4.69, 9.17) is 4.74 Å². The van der Waals surface area contributed by atoms with Crippen LogP contribution in [0.4, 0.5) is 0 Å². The van der Waals surface area contributed by atoms with E-state index in [1.807, 2.05) is 103 Å². The quantitative estimate of drug-likeness (QED) is 0.209. The van der Waals surface area contributed by atoms with Crippen LogP contribution in [0.25, 0.3) is 10.8 Å². The molecule has 0 aliphatic carbocycles. The lowest BCUT2D eigenvalue weighted by Crippen LogP contribution is -2.49. The van der Waals surface area contributed by atoms with Crippen LogP contribution in [0.1, 0.15) is 29.5 Å². The van der Waals surface area contributed by atoms with Crippen LogP contribution in [0.15, 0.2) is 103 Å². The molecule has 1 atom stereocenters. The van der Waals surface area contributed by atoms with Gasteiger partial charge >= 0.3 is 0 Å². The van der Waals surface area contributed by atoms with Crippen molar-refractivity contribution in [1.29, 1.82) is 0 Å². The Hall–Kier alpha value is -4.49. The normalized spacial score (nSPS) is 11.5. The number of hydrogen-bond donors (Lipinski definition) is 3. The SMILES string of the molecule is O=C(CNC(=O)[C@H](CCOCc1ccccc1)NC(=O)CCc1ccccc1)NCc1cccc2ccccc12. The first-order chi connectivity index (χ1) is 19.6. The first-order valence-electron chi connectivity index (χ1n) is 13.5. The van der Waals surface area contributed by atoms with Crippen LogP contribution in [-0.2, 0) is 38.7 Å². The Morgan fingerprint density at radius 1 is 0.700 bits per heavy atom. The summed E-state index contributed by atoms with van der Waals surface area (Å²) < 4.78 is 5.75. The van der Waals surface area contributed by atoms with Crippen LogP contribution in [0.5, 0.6) is 0 Å². The number of rotatable bonds is 14. The number of hydrogen-bond acceptors (Lipinski definition) is 4. The van der Waals surface area contributed by atoms with Gasteiger partial charge in [-0.1, -0.05) is 103 Å². The van der Waals surface area contributed by atoms with Gasteiger partial charge in [-0.2, -0.15) is 0 Å². The Morgan fingerprint density at radius 2 is 1.38 bits per heavy atom. The van der Waals surface area contributed by atoms with Crippen molar-refractivity contribution in [1.82, 2.24) is 16.0 Å². The molecule has 40 heavy (non-hydrogen) atoms. The number of benzene rings is 4. The monoisotopic (exact) mass is 537 g/mol. The van der Waals surface area contributed by atoms with Gasteiger partial charge in [0.1, 0.15) is 6.04 Å².